The molecule has 3 aromatic heterocycles. The molecule has 2 aliphatic heterocycles. The van der Waals surface area contributed by atoms with Gasteiger partial charge in [-0.15, -0.1) is 0 Å². The predicted octanol–water partition coefficient (Wildman–Crippen LogP) is 5.53. The first-order valence-electron chi connectivity index (χ1n) is 16.7. The highest BCUT2D eigenvalue weighted by atomic mass is 19.4. The zero-order chi connectivity index (χ0) is 37.3. The second-order valence-electron chi connectivity index (χ2n) is 13.6. The Bertz CT molecular complexity index is 2120. The van der Waals surface area contributed by atoms with Gasteiger partial charge in [0.25, 0.3) is 0 Å². The highest BCUT2D eigenvalue weighted by Crippen LogP contribution is 2.61. The molecule has 0 bridgehead atoms. The minimum absolute atomic E-state index is 0.0169. The summed E-state index contributed by atoms with van der Waals surface area (Å²) < 4.78 is 76.9. The molecule has 1 aromatic carbocycles. The number of allylic oxidation sites excluding steroid dienone is 1. The van der Waals surface area contributed by atoms with Crippen LogP contribution in [0.15, 0.2) is 48.7 Å². The van der Waals surface area contributed by atoms with Gasteiger partial charge in [-0.2, -0.15) is 18.3 Å². The van der Waals surface area contributed by atoms with E-state index in [0.29, 0.717) is 41.8 Å². The summed E-state index contributed by atoms with van der Waals surface area (Å²) >= 11 is 0. The third-order valence-electron chi connectivity index (χ3n) is 10.2. The average Bonchev–Trinajstić information content (AvgIpc) is 3.74. The van der Waals surface area contributed by atoms with Gasteiger partial charge in [0.2, 0.25) is 12.7 Å². The molecule has 0 radical (unpaired) electrons. The lowest BCUT2D eigenvalue weighted by atomic mass is 9.61. The van der Waals surface area contributed by atoms with E-state index in [1.54, 1.807) is 36.9 Å². The summed E-state index contributed by atoms with van der Waals surface area (Å²) in [5.41, 5.74) is 1.50. The van der Waals surface area contributed by atoms with Gasteiger partial charge in [0.05, 0.1) is 40.3 Å². The smallest absolute Gasteiger partial charge is 0.421 e. The number of aromatic nitrogens is 5. The molecule has 2 unspecified atom stereocenters. The Morgan fingerprint density at radius 1 is 1.06 bits per heavy atom. The van der Waals surface area contributed by atoms with Crippen molar-refractivity contribution >= 4 is 23.6 Å². The molecule has 0 spiro atoms. The molecular formula is C36H37F4N7O5. The number of carbonyl (C=O) groups excluding carboxylic acids is 2. The lowest BCUT2D eigenvalue weighted by molar-refractivity contribution is -0.152. The Balaban J connectivity index is 1.39. The Hall–Kier alpha value is -5.09. The highest BCUT2D eigenvalue weighted by molar-refractivity contribution is 5.92. The minimum atomic E-state index is -4.58. The summed E-state index contributed by atoms with van der Waals surface area (Å²) in [6, 6.07) is 7.41. The van der Waals surface area contributed by atoms with Crippen LogP contribution in [-0.4, -0.2) is 82.4 Å². The number of carbonyl (C=O) groups is 2. The number of alkyl halides is 3. The first-order chi connectivity index (χ1) is 24.6. The number of methoxy groups -OCH3 is 1. The molecule has 16 heteroatoms. The number of likely N-dealkylation sites (N-methyl/N-ethyl adjacent to an activating group) is 1. The fourth-order valence-corrected chi connectivity index (χ4v) is 7.69. The number of anilines is 1. The third kappa shape index (κ3) is 5.29. The van der Waals surface area contributed by atoms with Crippen molar-refractivity contribution in [3.63, 3.8) is 0 Å². The lowest BCUT2D eigenvalue weighted by Gasteiger charge is -2.47. The fraction of sp³-hybridized carbons (Fsp3) is 0.417. The zero-order valence-corrected chi connectivity index (χ0v) is 29.5. The summed E-state index contributed by atoms with van der Waals surface area (Å²) in [4.78, 5) is 37.1. The van der Waals surface area contributed by atoms with Crippen LogP contribution >= 0.6 is 0 Å². The van der Waals surface area contributed by atoms with E-state index in [-0.39, 0.29) is 24.7 Å². The maximum atomic E-state index is 17.7. The average molecular weight is 724 g/mol. The van der Waals surface area contributed by atoms with Gasteiger partial charge in [0, 0.05) is 61.9 Å². The van der Waals surface area contributed by atoms with Crippen molar-refractivity contribution in [2.75, 3.05) is 46.0 Å². The van der Waals surface area contributed by atoms with E-state index in [2.05, 4.69) is 9.97 Å². The van der Waals surface area contributed by atoms with Crippen LogP contribution in [0.2, 0.25) is 0 Å². The molecule has 5 heterocycles. The number of hydrogen-bond acceptors (Lipinski definition) is 10. The summed E-state index contributed by atoms with van der Waals surface area (Å²) in [7, 11) is 4.74. The van der Waals surface area contributed by atoms with E-state index < -0.39 is 47.4 Å². The largest absolute Gasteiger partial charge is 0.427 e. The molecule has 3 aliphatic rings. The molecule has 2 atom stereocenters. The summed E-state index contributed by atoms with van der Waals surface area (Å²) in [6.45, 7) is 5.32. The second kappa shape index (κ2) is 12.5. The Kier molecular flexibility index (Phi) is 8.52. The number of rotatable bonds is 7. The highest BCUT2D eigenvalue weighted by Gasteiger charge is 2.57. The summed E-state index contributed by atoms with van der Waals surface area (Å²) in [6.07, 6.45) is -1.46. The summed E-state index contributed by atoms with van der Waals surface area (Å²) in [5.74, 6) is -1.10. The van der Waals surface area contributed by atoms with Crippen molar-refractivity contribution in [2.45, 2.75) is 57.3 Å². The van der Waals surface area contributed by atoms with Crippen LogP contribution in [-0.2, 0) is 55.6 Å². The van der Waals surface area contributed by atoms with Gasteiger partial charge in [-0.25, -0.2) is 23.8 Å². The Morgan fingerprint density at radius 2 is 1.79 bits per heavy atom. The molecule has 274 valence electrons. The van der Waals surface area contributed by atoms with Crippen LogP contribution in [0, 0.1) is 0 Å². The maximum Gasteiger partial charge on any atom is 0.421 e. The fourth-order valence-electron chi connectivity index (χ4n) is 7.69. The normalized spacial score (nSPS) is 20.6. The van der Waals surface area contributed by atoms with Crippen LogP contribution < -0.4 is 4.90 Å². The molecule has 0 saturated heterocycles. The van der Waals surface area contributed by atoms with Crippen molar-refractivity contribution in [3.05, 3.63) is 93.6 Å². The van der Waals surface area contributed by atoms with Crippen LogP contribution in [0.1, 0.15) is 65.7 Å². The molecule has 0 saturated carbocycles. The standard InChI is InChI=1S/C36H37F4N7O5/c1-7-20-9-8-10-22-27-29(37)35(3,50-6)31-24(11-14-46(31)33(49)52-19-51-26(48)18-44(4)5)34(27,2)30-23-17-45(13-12-25(23)43-47(30)28(20)22)32-41-15-21(16-42-32)36(38,39)40/h8-11,14-16H,7,12-13,17-19H2,1-6H3. The number of halogens is 4. The van der Waals surface area contributed by atoms with Crippen molar-refractivity contribution in [2.24, 2.45) is 0 Å². The van der Waals surface area contributed by atoms with Crippen molar-refractivity contribution < 1.29 is 41.4 Å². The first kappa shape index (κ1) is 35.3. The van der Waals surface area contributed by atoms with Gasteiger partial charge in [-0.05, 0) is 51.6 Å². The quantitative estimate of drug-likeness (QED) is 0.137. The van der Waals surface area contributed by atoms with Gasteiger partial charge >= 0.3 is 18.2 Å². The van der Waals surface area contributed by atoms with E-state index in [0.717, 1.165) is 39.5 Å². The Morgan fingerprint density at radius 3 is 2.44 bits per heavy atom. The molecular weight excluding hydrogens is 686 g/mol. The van der Waals surface area contributed by atoms with E-state index in [1.807, 2.05) is 36.7 Å². The number of esters is 1. The molecule has 12 nitrogen and oxygen atoms in total. The molecule has 0 fully saturated rings. The third-order valence-corrected chi connectivity index (χ3v) is 10.2. The van der Waals surface area contributed by atoms with Crippen LogP contribution in [0.3, 0.4) is 0 Å². The SMILES string of the molecule is CCc1cccc2c1-n1nc3c(c1C1(C)C2=C(F)C(C)(OC)c2c1ccn2C(=O)OCOC(=O)CN(C)C)CN(c1ncc(C(F)(F)F)cn1)CC3. The van der Waals surface area contributed by atoms with Crippen molar-refractivity contribution in [3.8, 4) is 5.69 Å². The van der Waals surface area contributed by atoms with E-state index in [1.165, 1.54) is 13.3 Å². The second-order valence-corrected chi connectivity index (χ2v) is 13.6. The van der Waals surface area contributed by atoms with Crippen LogP contribution in [0.5, 0.6) is 0 Å². The molecule has 52 heavy (non-hydrogen) atoms. The van der Waals surface area contributed by atoms with E-state index >= 15 is 4.39 Å². The molecule has 0 N–H and O–H groups in total. The number of nitrogens with zero attached hydrogens (tertiary/aromatic N) is 7. The number of ether oxygens (including phenoxy) is 3. The monoisotopic (exact) mass is 723 g/mol. The maximum absolute atomic E-state index is 17.7. The molecule has 7 rings (SSSR count). The van der Waals surface area contributed by atoms with E-state index in [4.69, 9.17) is 19.3 Å². The molecule has 4 aromatic rings. The van der Waals surface area contributed by atoms with Crippen LogP contribution in [0.25, 0.3) is 11.3 Å². The van der Waals surface area contributed by atoms with Gasteiger partial charge in [-0.3, -0.25) is 14.3 Å². The lowest BCUT2D eigenvalue weighted by Crippen LogP contribution is -2.45. The number of aryl methyl sites for hydroxylation is 1. The van der Waals surface area contributed by atoms with Gasteiger partial charge in [-0.1, -0.05) is 25.1 Å². The van der Waals surface area contributed by atoms with Gasteiger partial charge in [0.1, 0.15) is 5.83 Å². The summed E-state index contributed by atoms with van der Waals surface area (Å²) in [5, 5.41) is 5.10. The van der Waals surface area contributed by atoms with Crippen molar-refractivity contribution in [1.29, 1.82) is 0 Å². The van der Waals surface area contributed by atoms with Gasteiger partial charge < -0.3 is 19.1 Å². The number of para-hydroxylation sites is 1. The number of fused-ring (bicyclic) bond motifs is 10. The molecule has 1 aliphatic carbocycles. The Labute approximate surface area is 296 Å². The number of hydrogen-bond donors (Lipinski definition) is 0. The molecule has 0 amide bonds. The van der Waals surface area contributed by atoms with Crippen LogP contribution in [0.4, 0.5) is 28.3 Å². The zero-order valence-electron chi connectivity index (χ0n) is 29.5. The predicted molar refractivity (Wildman–Crippen MR) is 179 cm³/mol. The van der Waals surface area contributed by atoms with Gasteiger partial charge in [0.15, 0.2) is 5.60 Å². The number of benzene rings is 1. The van der Waals surface area contributed by atoms with Crippen molar-refractivity contribution in [1.82, 2.24) is 29.2 Å². The topological polar surface area (TPSA) is 117 Å². The van der Waals surface area contributed by atoms with E-state index in [9.17, 15) is 22.8 Å². The first-order valence-corrected chi connectivity index (χ1v) is 16.7. The minimum Gasteiger partial charge on any atom is -0.427 e.